The van der Waals surface area contributed by atoms with Crippen LogP contribution in [0, 0.1) is 6.92 Å². The first kappa shape index (κ1) is 21.9. The summed E-state index contributed by atoms with van der Waals surface area (Å²) in [5.74, 6) is -2.34. The lowest BCUT2D eigenvalue weighted by Gasteiger charge is -2.17. The maximum Gasteiger partial charge on any atom is 0.293 e. The van der Waals surface area contributed by atoms with Gasteiger partial charge in [-0.25, -0.2) is 4.39 Å². The summed E-state index contributed by atoms with van der Waals surface area (Å²) in [6, 6.07) is 0. The van der Waals surface area contributed by atoms with E-state index in [1.165, 1.54) is 6.20 Å². The summed E-state index contributed by atoms with van der Waals surface area (Å²) in [5.41, 5.74) is 13.7. The molecule has 6 N–H and O–H groups in total. The summed E-state index contributed by atoms with van der Waals surface area (Å²) in [7, 11) is 0. The molecule has 32 heavy (non-hydrogen) atoms. The summed E-state index contributed by atoms with van der Waals surface area (Å²) in [4.78, 5) is 39.0. The smallest absolute Gasteiger partial charge is 0.293 e. The molecule has 2 amide bonds. The van der Waals surface area contributed by atoms with Crippen LogP contribution in [0.25, 0.3) is 0 Å². The number of allylic oxidation sites excluding steroid dienone is 3. The maximum absolute atomic E-state index is 14.3. The summed E-state index contributed by atoms with van der Waals surface area (Å²) in [5, 5.41) is 5.37. The van der Waals surface area contributed by atoms with Crippen LogP contribution in [0.5, 0.6) is 0 Å². The lowest BCUT2D eigenvalue weighted by atomic mass is 10.0. The lowest BCUT2D eigenvalue weighted by Crippen LogP contribution is -2.44. The first-order chi connectivity index (χ1) is 15.2. The van der Waals surface area contributed by atoms with E-state index in [0.717, 1.165) is 12.0 Å². The zero-order valence-electron chi connectivity index (χ0n) is 18.3. The van der Waals surface area contributed by atoms with Gasteiger partial charge >= 0.3 is 0 Å². The summed E-state index contributed by atoms with van der Waals surface area (Å²) in [6.45, 7) is 4.08. The molecule has 1 aliphatic heterocycles. The number of rotatable bonds is 6. The molecule has 0 radical (unpaired) electrons. The van der Waals surface area contributed by atoms with E-state index < -0.39 is 23.1 Å². The van der Waals surface area contributed by atoms with Crippen LogP contribution in [-0.4, -0.2) is 27.7 Å². The molecule has 0 bridgehead atoms. The molecule has 0 saturated heterocycles. The number of carbonyl (C=O) groups is 3. The van der Waals surface area contributed by atoms with Gasteiger partial charge < -0.3 is 26.7 Å². The van der Waals surface area contributed by atoms with Crippen molar-refractivity contribution in [2.75, 3.05) is 0 Å². The van der Waals surface area contributed by atoms with Crippen molar-refractivity contribution in [1.82, 2.24) is 15.2 Å². The predicted molar refractivity (Wildman–Crippen MR) is 117 cm³/mol. The SMILES string of the molecule is CC1=CC(NC(=O)c2c(C)c(C(=O)C(=O)NC3(/C(N)=C/N)CC3)c3n2CCC3)=C(F)CC1. The van der Waals surface area contributed by atoms with E-state index in [-0.39, 0.29) is 29.2 Å². The van der Waals surface area contributed by atoms with Crippen LogP contribution < -0.4 is 22.1 Å². The van der Waals surface area contributed by atoms with E-state index in [1.807, 2.05) is 6.92 Å². The second-order valence-electron chi connectivity index (χ2n) is 8.80. The average molecular weight is 442 g/mol. The lowest BCUT2D eigenvalue weighted by molar-refractivity contribution is -0.117. The molecular weight excluding hydrogens is 413 g/mol. The van der Waals surface area contributed by atoms with Gasteiger partial charge in [0, 0.05) is 30.6 Å². The molecule has 4 rings (SSSR count). The normalized spacial score (nSPS) is 19.3. The third-order valence-electron chi connectivity index (χ3n) is 6.56. The van der Waals surface area contributed by atoms with Crippen LogP contribution in [-0.2, 0) is 17.8 Å². The Hall–Kier alpha value is -3.36. The number of hydrogen-bond acceptors (Lipinski definition) is 5. The molecule has 1 saturated carbocycles. The molecule has 0 unspecified atom stereocenters. The predicted octanol–water partition coefficient (Wildman–Crippen LogP) is 1.98. The highest BCUT2D eigenvalue weighted by molar-refractivity contribution is 6.44. The van der Waals surface area contributed by atoms with Gasteiger partial charge in [-0.15, -0.1) is 0 Å². The molecule has 170 valence electrons. The fourth-order valence-corrected chi connectivity index (χ4v) is 4.59. The number of ketones is 1. The number of Topliss-reactive ketones (excluding diaryl/α,β-unsaturated/α-hetero) is 1. The van der Waals surface area contributed by atoms with Crippen LogP contribution >= 0.6 is 0 Å². The Morgan fingerprint density at radius 2 is 1.91 bits per heavy atom. The van der Waals surface area contributed by atoms with Gasteiger partial charge in [-0.2, -0.15) is 0 Å². The number of nitrogens with two attached hydrogens (primary N) is 2. The van der Waals surface area contributed by atoms with E-state index in [1.54, 1.807) is 17.6 Å². The highest BCUT2D eigenvalue weighted by Gasteiger charge is 2.48. The number of halogens is 1. The zero-order valence-corrected chi connectivity index (χ0v) is 18.3. The Kier molecular flexibility index (Phi) is 5.44. The van der Waals surface area contributed by atoms with E-state index in [4.69, 9.17) is 11.5 Å². The molecule has 2 heterocycles. The molecule has 3 aliphatic rings. The fraction of sp³-hybridized carbons (Fsp3) is 0.435. The van der Waals surface area contributed by atoms with Gasteiger partial charge in [-0.1, -0.05) is 5.57 Å². The number of aromatic nitrogens is 1. The van der Waals surface area contributed by atoms with Crippen molar-refractivity contribution in [2.24, 2.45) is 11.5 Å². The minimum atomic E-state index is -0.776. The van der Waals surface area contributed by atoms with Crippen molar-refractivity contribution >= 4 is 17.6 Å². The number of nitrogens with one attached hydrogen (secondary N) is 2. The topological polar surface area (TPSA) is 132 Å². The Morgan fingerprint density at radius 3 is 2.56 bits per heavy atom. The van der Waals surface area contributed by atoms with E-state index >= 15 is 0 Å². The molecule has 0 spiro atoms. The second kappa shape index (κ2) is 7.96. The Balaban J connectivity index is 1.63. The van der Waals surface area contributed by atoms with Gasteiger partial charge in [0.1, 0.15) is 11.5 Å². The molecule has 2 aliphatic carbocycles. The molecule has 1 fully saturated rings. The van der Waals surface area contributed by atoms with Crippen molar-refractivity contribution in [1.29, 1.82) is 0 Å². The highest BCUT2D eigenvalue weighted by atomic mass is 19.1. The largest absolute Gasteiger partial charge is 0.403 e. The van der Waals surface area contributed by atoms with Gasteiger partial charge in [-0.05, 0) is 57.6 Å². The molecule has 1 aromatic rings. The minimum Gasteiger partial charge on any atom is -0.403 e. The molecular formula is C23H28FN5O3. The fourth-order valence-electron chi connectivity index (χ4n) is 4.59. The van der Waals surface area contributed by atoms with Crippen LogP contribution in [0.15, 0.2) is 35.1 Å². The van der Waals surface area contributed by atoms with E-state index in [0.29, 0.717) is 49.2 Å². The third-order valence-corrected chi connectivity index (χ3v) is 6.56. The Morgan fingerprint density at radius 1 is 1.19 bits per heavy atom. The van der Waals surface area contributed by atoms with Crippen LogP contribution in [0.1, 0.15) is 71.1 Å². The summed E-state index contributed by atoms with van der Waals surface area (Å²) in [6.07, 6.45) is 6.27. The highest BCUT2D eigenvalue weighted by Crippen LogP contribution is 2.40. The standard InChI is InChI=1S/C23H28FN5O3/c1-12-5-6-14(24)15(10-12)27-21(31)19-13(2)18(16-4-3-9-29(16)19)20(30)22(32)28-23(7-8-23)17(26)11-25/h10-11H,3-9,25-26H2,1-2H3,(H,27,31)(H,28,32)/b17-11-. The van der Waals surface area contributed by atoms with E-state index in [9.17, 15) is 18.8 Å². The second-order valence-corrected chi connectivity index (χ2v) is 8.80. The van der Waals surface area contributed by atoms with Gasteiger partial charge in [-0.3, -0.25) is 14.4 Å². The third kappa shape index (κ3) is 3.61. The molecule has 1 aromatic heterocycles. The van der Waals surface area contributed by atoms with E-state index in [2.05, 4.69) is 10.6 Å². The monoisotopic (exact) mass is 441 g/mol. The van der Waals surface area contributed by atoms with Gasteiger partial charge in [0.2, 0.25) is 0 Å². The first-order valence-corrected chi connectivity index (χ1v) is 10.8. The summed E-state index contributed by atoms with van der Waals surface area (Å²) < 4.78 is 16.0. The number of amides is 2. The van der Waals surface area contributed by atoms with Crippen LogP contribution in [0.4, 0.5) is 4.39 Å². The zero-order chi connectivity index (χ0) is 23.2. The van der Waals surface area contributed by atoms with Crippen molar-refractivity contribution in [2.45, 2.75) is 64.5 Å². The quantitative estimate of drug-likeness (QED) is 0.396. The van der Waals surface area contributed by atoms with Gasteiger partial charge in [0.25, 0.3) is 17.6 Å². The van der Waals surface area contributed by atoms with Crippen LogP contribution in [0.2, 0.25) is 0 Å². The molecule has 0 atom stereocenters. The molecule has 9 heteroatoms. The number of nitrogens with zero attached hydrogens (tertiary/aromatic N) is 1. The molecule has 0 aromatic carbocycles. The minimum absolute atomic E-state index is 0.150. The van der Waals surface area contributed by atoms with Crippen LogP contribution in [0.3, 0.4) is 0 Å². The Bertz CT molecular complexity index is 1120. The Labute approximate surface area is 185 Å². The number of carbonyl (C=O) groups excluding carboxylic acids is 3. The average Bonchev–Trinajstić information content (AvgIpc) is 3.29. The first-order valence-electron chi connectivity index (χ1n) is 10.8. The number of hydrogen-bond donors (Lipinski definition) is 4. The van der Waals surface area contributed by atoms with Crippen molar-refractivity contribution in [3.8, 4) is 0 Å². The summed E-state index contributed by atoms with van der Waals surface area (Å²) >= 11 is 0. The van der Waals surface area contributed by atoms with Crippen molar-refractivity contribution in [3.63, 3.8) is 0 Å². The number of fused-ring (bicyclic) bond motifs is 1. The van der Waals surface area contributed by atoms with Gasteiger partial charge in [0.05, 0.1) is 16.8 Å². The van der Waals surface area contributed by atoms with Crippen molar-refractivity contribution in [3.05, 3.63) is 57.6 Å². The van der Waals surface area contributed by atoms with Gasteiger partial charge in [0.15, 0.2) is 0 Å². The maximum atomic E-state index is 14.3. The van der Waals surface area contributed by atoms with Crippen molar-refractivity contribution < 1.29 is 18.8 Å². The molecule has 8 nitrogen and oxygen atoms in total.